The zero-order valence-electron chi connectivity index (χ0n) is 11.6. The summed E-state index contributed by atoms with van der Waals surface area (Å²) in [5.41, 5.74) is 8.89. The van der Waals surface area contributed by atoms with Gasteiger partial charge in [0.2, 0.25) is 0 Å². The molecule has 1 aromatic heterocycles. The smallest absolute Gasteiger partial charge is 0.134 e. The lowest BCUT2D eigenvalue weighted by molar-refractivity contribution is 0.411. The molecule has 2 rings (SSSR count). The van der Waals surface area contributed by atoms with Crippen LogP contribution in [0.2, 0.25) is 0 Å². The molecule has 5 heteroatoms. The van der Waals surface area contributed by atoms with Crippen molar-refractivity contribution < 1.29 is 4.74 Å². The van der Waals surface area contributed by atoms with E-state index < -0.39 is 0 Å². The first kappa shape index (κ1) is 13.9. The molecule has 102 valence electrons. The Hall–Kier alpha value is -1.49. The van der Waals surface area contributed by atoms with Crippen molar-refractivity contribution in [1.29, 1.82) is 0 Å². The van der Waals surface area contributed by atoms with Crippen LogP contribution in [0.1, 0.15) is 25.3 Å². The summed E-state index contributed by atoms with van der Waals surface area (Å²) >= 11 is 3.58. The molecule has 0 aliphatic heterocycles. The highest BCUT2D eigenvalue weighted by Crippen LogP contribution is 2.38. The van der Waals surface area contributed by atoms with E-state index in [0.717, 1.165) is 21.5 Å². The third-order valence-electron chi connectivity index (χ3n) is 3.14. The zero-order chi connectivity index (χ0) is 14.2. The van der Waals surface area contributed by atoms with Crippen molar-refractivity contribution in [3.8, 4) is 17.0 Å². The Morgan fingerprint density at radius 3 is 2.47 bits per heavy atom. The monoisotopic (exact) mass is 323 g/mol. The molecule has 0 radical (unpaired) electrons. The van der Waals surface area contributed by atoms with Gasteiger partial charge in [0, 0.05) is 18.7 Å². The van der Waals surface area contributed by atoms with Gasteiger partial charge in [0.05, 0.1) is 17.3 Å². The maximum Gasteiger partial charge on any atom is 0.134 e. The molecule has 1 aromatic carbocycles. The Morgan fingerprint density at radius 1 is 1.32 bits per heavy atom. The van der Waals surface area contributed by atoms with Crippen LogP contribution in [0.4, 0.5) is 5.82 Å². The van der Waals surface area contributed by atoms with Crippen LogP contribution in [-0.2, 0) is 7.05 Å². The average Bonchev–Trinajstić information content (AvgIpc) is 2.69. The molecule has 0 atom stereocenters. The Morgan fingerprint density at radius 2 is 2.00 bits per heavy atom. The minimum Gasteiger partial charge on any atom is -0.496 e. The number of rotatable bonds is 3. The molecular weight excluding hydrogens is 306 g/mol. The first-order valence-electron chi connectivity index (χ1n) is 6.11. The van der Waals surface area contributed by atoms with Gasteiger partial charge in [0.25, 0.3) is 0 Å². The first-order chi connectivity index (χ1) is 8.93. The van der Waals surface area contributed by atoms with Crippen LogP contribution in [-0.4, -0.2) is 16.9 Å². The Balaban J connectivity index is 2.64. The zero-order valence-corrected chi connectivity index (χ0v) is 13.2. The number of ether oxygens (including phenoxy) is 1. The van der Waals surface area contributed by atoms with Crippen molar-refractivity contribution in [2.24, 2.45) is 7.05 Å². The second-order valence-electron chi connectivity index (χ2n) is 4.82. The third kappa shape index (κ3) is 2.61. The standard InChI is InChI=1S/C14H18BrN3O/c1-8(2)9-5-10(14(15)12(6-9)19-4)11-7-13(16)18(3)17-11/h5-8H,16H2,1-4H3. The Labute approximate surface area is 121 Å². The summed E-state index contributed by atoms with van der Waals surface area (Å²) in [6.45, 7) is 4.30. The van der Waals surface area contributed by atoms with Crippen LogP contribution in [0, 0.1) is 0 Å². The van der Waals surface area contributed by atoms with Crippen molar-refractivity contribution in [3.05, 3.63) is 28.2 Å². The molecule has 4 nitrogen and oxygen atoms in total. The van der Waals surface area contributed by atoms with Gasteiger partial charge in [0.15, 0.2) is 0 Å². The molecule has 0 saturated carbocycles. The van der Waals surface area contributed by atoms with E-state index in [4.69, 9.17) is 10.5 Å². The number of hydrogen-bond donors (Lipinski definition) is 1. The average molecular weight is 324 g/mol. The van der Waals surface area contributed by atoms with Gasteiger partial charge in [-0.25, -0.2) is 0 Å². The van der Waals surface area contributed by atoms with Crippen molar-refractivity contribution in [2.75, 3.05) is 12.8 Å². The van der Waals surface area contributed by atoms with Crippen LogP contribution < -0.4 is 10.5 Å². The number of nitrogens with zero attached hydrogens (tertiary/aromatic N) is 2. The first-order valence-corrected chi connectivity index (χ1v) is 6.90. The molecule has 0 saturated heterocycles. The summed E-state index contributed by atoms with van der Waals surface area (Å²) in [5, 5.41) is 4.42. The van der Waals surface area contributed by atoms with E-state index in [0.29, 0.717) is 11.7 Å². The molecular formula is C14H18BrN3O. The fourth-order valence-corrected chi connectivity index (χ4v) is 2.49. The second kappa shape index (κ2) is 5.25. The lowest BCUT2D eigenvalue weighted by Gasteiger charge is -2.13. The van der Waals surface area contributed by atoms with E-state index in [-0.39, 0.29) is 0 Å². The number of methoxy groups -OCH3 is 1. The van der Waals surface area contributed by atoms with Crippen molar-refractivity contribution in [1.82, 2.24) is 9.78 Å². The molecule has 0 unspecified atom stereocenters. The number of nitrogens with two attached hydrogens (primary N) is 1. The van der Waals surface area contributed by atoms with Gasteiger partial charge in [-0.05, 0) is 39.5 Å². The van der Waals surface area contributed by atoms with Crippen LogP contribution in [0.3, 0.4) is 0 Å². The lowest BCUT2D eigenvalue weighted by atomic mass is 9.99. The summed E-state index contributed by atoms with van der Waals surface area (Å²) in [4.78, 5) is 0. The van der Waals surface area contributed by atoms with Gasteiger partial charge in [-0.3, -0.25) is 4.68 Å². The van der Waals surface area contributed by atoms with Crippen molar-refractivity contribution in [3.63, 3.8) is 0 Å². The molecule has 0 aliphatic carbocycles. The number of aromatic nitrogens is 2. The van der Waals surface area contributed by atoms with E-state index in [2.05, 4.69) is 40.9 Å². The molecule has 0 bridgehead atoms. The fourth-order valence-electron chi connectivity index (χ4n) is 1.90. The van der Waals surface area contributed by atoms with Crippen LogP contribution in [0.5, 0.6) is 5.75 Å². The predicted molar refractivity (Wildman–Crippen MR) is 81.4 cm³/mol. The topological polar surface area (TPSA) is 53.1 Å². The van der Waals surface area contributed by atoms with E-state index in [1.807, 2.05) is 19.2 Å². The molecule has 0 spiro atoms. The van der Waals surface area contributed by atoms with E-state index in [1.54, 1.807) is 11.8 Å². The molecule has 2 N–H and O–H groups in total. The molecule has 0 fully saturated rings. The molecule has 0 aliphatic rings. The highest BCUT2D eigenvalue weighted by molar-refractivity contribution is 9.10. The van der Waals surface area contributed by atoms with Gasteiger partial charge in [0.1, 0.15) is 11.6 Å². The quantitative estimate of drug-likeness (QED) is 0.939. The number of halogens is 1. The van der Waals surface area contributed by atoms with Crippen LogP contribution in [0.15, 0.2) is 22.7 Å². The highest BCUT2D eigenvalue weighted by atomic mass is 79.9. The number of nitrogen functional groups attached to an aromatic ring is 1. The van der Waals surface area contributed by atoms with Gasteiger partial charge in [-0.1, -0.05) is 13.8 Å². The van der Waals surface area contributed by atoms with Crippen molar-refractivity contribution in [2.45, 2.75) is 19.8 Å². The fraction of sp³-hybridized carbons (Fsp3) is 0.357. The SMILES string of the molecule is COc1cc(C(C)C)cc(-c2cc(N)n(C)n2)c1Br. The maximum atomic E-state index is 5.85. The number of hydrogen-bond acceptors (Lipinski definition) is 3. The van der Waals surface area contributed by atoms with Crippen LogP contribution >= 0.6 is 15.9 Å². The van der Waals surface area contributed by atoms with Crippen LogP contribution in [0.25, 0.3) is 11.3 Å². The minimum absolute atomic E-state index is 0.418. The minimum atomic E-state index is 0.418. The molecule has 19 heavy (non-hydrogen) atoms. The maximum absolute atomic E-state index is 5.85. The van der Waals surface area contributed by atoms with Gasteiger partial charge >= 0.3 is 0 Å². The summed E-state index contributed by atoms with van der Waals surface area (Å²) in [6.07, 6.45) is 0. The summed E-state index contributed by atoms with van der Waals surface area (Å²) < 4.78 is 7.99. The summed E-state index contributed by atoms with van der Waals surface area (Å²) in [7, 11) is 3.50. The van der Waals surface area contributed by atoms with E-state index in [9.17, 15) is 0 Å². The summed E-state index contributed by atoms with van der Waals surface area (Å²) in [6, 6.07) is 6.03. The normalized spacial score (nSPS) is 11.1. The van der Waals surface area contributed by atoms with E-state index in [1.165, 1.54) is 5.56 Å². The molecule has 2 aromatic rings. The Kier molecular flexibility index (Phi) is 3.85. The predicted octanol–water partition coefficient (Wildman–Crippen LogP) is 3.56. The number of aryl methyl sites for hydroxylation is 1. The number of benzene rings is 1. The lowest BCUT2D eigenvalue weighted by Crippen LogP contribution is -1.97. The van der Waals surface area contributed by atoms with E-state index >= 15 is 0 Å². The second-order valence-corrected chi connectivity index (χ2v) is 5.61. The van der Waals surface area contributed by atoms with Gasteiger partial charge in [-0.2, -0.15) is 5.10 Å². The molecule has 0 amide bonds. The third-order valence-corrected chi connectivity index (χ3v) is 3.96. The number of anilines is 1. The summed E-state index contributed by atoms with van der Waals surface area (Å²) in [5.74, 6) is 1.86. The largest absolute Gasteiger partial charge is 0.496 e. The van der Waals surface area contributed by atoms with Crippen molar-refractivity contribution >= 4 is 21.7 Å². The molecule has 1 heterocycles. The highest BCUT2D eigenvalue weighted by Gasteiger charge is 2.15. The van der Waals surface area contributed by atoms with Gasteiger partial charge in [-0.15, -0.1) is 0 Å². The Bertz CT molecular complexity index is 585. The van der Waals surface area contributed by atoms with Gasteiger partial charge < -0.3 is 10.5 Å².